The molecule has 0 spiro atoms. The highest BCUT2D eigenvalue weighted by Gasteiger charge is 2.32. The molecule has 1 N–H and O–H groups in total. The molecule has 2 unspecified atom stereocenters. The second kappa shape index (κ2) is 13.9. The van der Waals surface area contributed by atoms with E-state index in [4.69, 9.17) is 9.47 Å². The van der Waals surface area contributed by atoms with Crippen molar-refractivity contribution in [2.45, 2.75) is 69.9 Å². The van der Waals surface area contributed by atoms with Crippen LogP contribution in [0.4, 0.5) is 0 Å². The van der Waals surface area contributed by atoms with Gasteiger partial charge in [-0.05, 0) is 143 Å². The number of phenolic OH excluding ortho intramolecular Hbond substituents is 1. The summed E-state index contributed by atoms with van der Waals surface area (Å²) in [6.07, 6.45) is 11.4. The number of carbonyl (C=O) groups is 1. The molecule has 0 radical (unpaired) electrons. The molecule has 2 aliphatic heterocycles. The number of piperidine rings is 1. The average molecular weight is 625 g/mol. The highest BCUT2D eigenvalue weighted by molar-refractivity contribution is 7.22. The lowest BCUT2D eigenvalue weighted by atomic mass is 9.90. The summed E-state index contributed by atoms with van der Waals surface area (Å²) >= 11 is 1.54. The zero-order chi connectivity index (χ0) is 30.6. The van der Waals surface area contributed by atoms with E-state index < -0.39 is 0 Å². The largest absolute Gasteiger partial charge is 0.508 e. The SMILES string of the molecule is O=C(c1ccc(OC2CCCCC2N2CCCCC2)cc1)c1c(-c2ccc(OCCN3CCCC3)cc2)sc2cc(O)ccc12. The Bertz CT molecular complexity index is 1590. The number of ketones is 1. The molecule has 7 rings (SSSR count). The molecule has 0 amide bonds. The van der Waals surface area contributed by atoms with Crippen LogP contribution in [0.1, 0.15) is 73.7 Å². The van der Waals surface area contributed by atoms with Crippen LogP contribution in [0.2, 0.25) is 0 Å². The fraction of sp³-hybridized carbons (Fsp3) is 0.447. The highest BCUT2D eigenvalue weighted by atomic mass is 32.1. The normalized spacial score (nSPS) is 21.2. The number of rotatable bonds is 10. The summed E-state index contributed by atoms with van der Waals surface area (Å²) < 4.78 is 13.5. The molecule has 1 aromatic heterocycles. The first-order valence-corrected chi connectivity index (χ1v) is 17.7. The molecule has 3 heterocycles. The van der Waals surface area contributed by atoms with Crippen molar-refractivity contribution in [1.29, 1.82) is 0 Å². The lowest BCUT2D eigenvalue weighted by Gasteiger charge is -2.41. The fourth-order valence-electron chi connectivity index (χ4n) is 7.40. The Morgan fingerprint density at radius 3 is 2.29 bits per heavy atom. The van der Waals surface area contributed by atoms with Gasteiger partial charge in [-0.25, -0.2) is 0 Å². The summed E-state index contributed by atoms with van der Waals surface area (Å²) in [5.74, 6) is 1.84. The smallest absolute Gasteiger partial charge is 0.195 e. The number of phenols is 1. The summed E-state index contributed by atoms with van der Waals surface area (Å²) in [5, 5.41) is 11.1. The van der Waals surface area contributed by atoms with Gasteiger partial charge < -0.3 is 14.6 Å². The molecule has 0 bridgehead atoms. The molecule has 2 atom stereocenters. The van der Waals surface area contributed by atoms with Gasteiger partial charge in [-0.1, -0.05) is 12.8 Å². The van der Waals surface area contributed by atoms with Crippen molar-refractivity contribution in [2.75, 3.05) is 39.3 Å². The first-order chi connectivity index (χ1) is 22.1. The van der Waals surface area contributed by atoms with Crippen LogP contribution in [-0.2, 0) is 0 Å². The maximum atomic E-state index is 14.2. The predicted molar refractivity (Wildman–Crippen MR) is 182 cm³/mol. The van der Waals surface area contributed by atoms with E-state index in [0.717, 1.165) is 58.1 Å². The number of likely N-dealkylation sites (tertiary alicyclic amines) is 2. The Kier molecular flexibility index (Phi) is 9.38. The first kappa shape index (κ1) is 30.3. The third kappa shape index (κ3) is 6.91. The van der Waals surface area contributed by atoms with Crippen molar-refractivity contribution >= 4 is 27.2 Å². The maximum absolute atomic E-state index is 14.2. The number of carbonyl (C=O) groups excluding carboxylic acids is 1. The Morgan fingerprint density at radius 2 is 1.51 bits per heavy atom. The van der Waals surface area contributed by atoms with E-state index in [1.165, 1.54) is 75.8 Å². The zero-order valence-corrected chi connectivity index (χ0v) is 26.9. The minimum absolute atomic E-state index is 0.0247. The van der Waals surface area contributed by atoms with Gasteiger partial charge in [0.05, 0.1) is 0 Å². The molecule has 6 nitrogen and oxygen atoms in total. The van der Waals surface area contributed by atoms with E-state index in [1.807, 2.05) is 54.6 Å². The van der Waals surface area contributed by atoms with E-state index in [1.54, 1.807) is 12.1 Å². The Morgan fingerprint density at radius 1 is 0.800 bits per heavy atom. The van der Waals surface area contributed by atoms with E-state index in [2.05, 4.69) is 9.80 Å². The van der Waals surface area contributed by atoms with Crippen LogP contribution in [0.3, 0.4) is 0 Å². The van der Waals surface area contributed by atoms with Crippen LogP contribution >= 0.6 is 11.3 Å². The average Bonchev–Trinajstić information content (AvgIpc) is 3.74. The van der Waals surface area contributed by atoms with Crippen LogP contribution in [0.15, 0.2) is 66.7 Å². The minimum Gasteiger partial charge on any atom is -0.508 e. The molecule has 236 valence electrons. The molecule has 2 saturated heterocycles. The molecule has 3 aliphatic rings. The van der Waals surface area contributed by atoms with Gasteiger partial charge in [-0.3, -0.25) is 14.6 Å². The van der Waals surface area contributed by atoms with Crippen molar-refractivity contribution in [2.24, 2.45) is 0 Å². The van der Waals surface area contributed by atoms with Gasteiger partial charge in [-0.2, -0.15) is 0 Å². The number of hydrogen-bond acceptors (Lipinski definition) is 7. The standard InChI is InChI=1S/C38H44N2O4S/c41-29-14-19-32-35(26-29)45-38(28-12-15-30(16-13-28)43-25-24-39-20-6-7-21-39)36(32)37(42)27-10-17-31(18-11-27)44-34-9-3-2-8-33(34)40-22-4-1-5-23-40/h10-19,26,33-34,41H,1-9,20-25H2. The number of hydrogen-bond donors (Lipinski definition) is 1. The summed E-state index contributed by atoms with van der Waals surface area (Å²) in [5.41, 5.74) is 2.27. The Balaban J connectivity index is 1.09. The Labute approximate surface area is 270 Å². The van der Waals surface area contributed by atoms with Crippen LogP contribution in [0.5, 0.6) is 17.2 Å². The highest BCUT2D eigenvalue weighted by Crippen LogP contribution is 2.42. The van der Waals surface area contributed by atoms with Crippen LogP contribution in [0, 0.1) is 0 Å². The molecule has 4 aromatic rings. The number of fused-ring (bicyclic) bond motifs is 1. The molecular formula is C38H44N2O4S. The maximum Gasteiger partial charge on any atom is 0.195 e. The molecule has 3 fully saturated rings. The molecular weight excluding hydrogens is 580 g/mol. The van der Waals surface area contributed by atoms with Gasteiger partial charge in [0.1, 0.15) is 30.0 Å². The van der Waals surface area contributed by atoms with E-state index >= 15 is 0 Å². The fourth-order valence-corrected chi connectivity index (χ4v) is 8.64. The van der Waals surface area contributed by atoms with Crippen molar-refractivity contribution < 1.29 is 19.4 Å². The zero-order valence-electron chi connectivity index (χ0n) is 26.1. The summed E-state index contributed by atoms with van der Waals surface area (Å²) in [7, 11) is 0. The number of ether oxygens (including phenoxy) is 2. The van der Waals surface area contributed by atoms with Gasteiger partial charge in [0.2, 0.25) is 0 Å². The number of benzene rings is 3. The van der Waals surface area contributed by atoms with Crippen LogP contribution < -0.4 is 9.47 Å². The van der Waals surface area contributed by atoms with E-state index in [0.29, 0.717) is 23.8 Å². The molecule has 45 heavy (non-hydrogen) atoms. The molecule has 1 aliphatic carbocycles. The first-order valence-electron chi connectivity index (χ1n) is 16.9. The van der Waals surface area contributed by atoms with Gasteiger partial charge in [0.15, 0.2) is 5.78 Å². The second-order valence-electron chi connectivity index (χ2n) is 12.9. The van der Waals surface area contributed by atoms with Crippen molar-refractivity contribution in [3.8, 4) is 27.7 Å². The quantitative estimate of drug-likeness (QED) is 0.180. The lowest BCUT2D eigenvalue weighted by Crippen LogP contribution is -2.49. The van der Waals surface area contributed by atoms with Crippen molar-refractivity contribution in [3.05, 3.63) is 77.9 Å². The second-order valence-corrected chi connectivity index (χ2v) is 13.9. The molecule has 1 saturated carbocycles. The van der Waals surface area contributed by atoms with Gasteiger partial charge in [0, 0.05) is 38.7 Å². The lowest BCUT2D eigenvalue weighted by molar-refractivity contribution is 0.0261. The number of thiophene rings is 1. The topological polar surface area (TPSA) is 62.2 Å². The van der Waals surface area contributed by atoms with Gasteiger partial charge >= 0.3 is 0 Å². The molecule has 7 heteroatoms. The summed E-state index contributed by atoms with van der Waals surface area (Å²) in [4.78, 5) is 20.2. The van der Waals surface area contributed by atoms with Crippen molar-refractivity contribution in [3.63, 3.8) is 0 Å². The predicted octanol–water partition coefficient (Wildman–Crippen LogP) is 8.16. The summed E-state index contributed by atoms with van der Waals surface area (Å²) in [6.45, 7) is 6.31. The van der Waals surface area contributed by atoms with Gasteiger partial charge in [-0.15, -0.1) is 11.3 Å². The Hall–Kier alpha value is -3.39. The third-order valence-electron chi connectivity index (χ3n) is 9.82. The van der Waals surface area contributed by atoms with Gasteiger partial charge in [0.25, 0.3) is 0 Å². The number of nitrogens with zero attached hydrogens (tertiary/aromatic N) is 2. The van der Waals surface area contributed by atoms with Crippen LogP contribution in [0.25, 0.3) is 20.5 Å². The molecule has 3 aromatic carbocycles. The monoisotopic (exact) mass is 624 g/mol. The van der Waals surface area contributed by atoms with E-state index in [-0.39, 0.29) is 17.6 Å². The van der Waals surface area contributed by atoms with Crippen molar-refractivity contribution in [1.82, 2.24) is 9.80 Å². The number of aromatic hydroxyl groups is 1. The third-order valence-corrected chi connectivity index (χ3v) is 11.0. The minimum atomic E-state index is -0.0247. The van der Waals surface area contributed by atoms with E-state index in [9.17, 15) is 9.90 Å². The summed E-state index contributed by atoms with van der Waals surface area (Å²) in [6, 6.07) is 21.5. The van der Waals surface area contributed by atoms with Crippen LogP contribution in [-0.4, -0.2) is 72.2 Å².